The first-order valence-corrected chi connectivity index (χ1v) is 26.8. The average molecular weight is 1210 g/mol. The van der Waals surface area contributed by atoms with Crippen LogP contribution in [0.3, 0.4) is 0 Å². The van der Waals surface area contributed by atoms with Crippen molar-refractivity contribution in [2.24, 2.45) is 5.92 Å². The Morgan fingerprint density at radius 2 is 1.27 bits per heavy atom. The molecule has 15 nitrogen and oxygen atoms in total. The largest absolute Gasteiger partial charge is 0.511 e. The van der Waals surface area contributed by atoms with Crippen molar-refractivity contribution >= 4 is 51.4 Å². The van der Waals surface area contributed by atoms with Crippen LogP contribution in [0, 0.1) is 73.4 Å². The van der Waals surface area contributed by atoms with E-state index in [1.807, 2.05) is 55.6 Å². The molecular formula is C62H53IrN12O3-3. The van der Waals surface area contributed by atoms with Crippen molar-refractivity contribution in [3.63, 3.8) is 0 Å². The van der Waals surface area contributed by atoms with Crippen LogP contribution in [0.2, 0.25) is 0 Å². The Bertz CT molecular complexity index is 3680. The molecule has 1 N–H and O–H groups in total. The van der Waals surface area contributed by atoms with E-state index in [0.717, 1.165) is 166 Å². The number of aromatic nitrogens is 3. The van der Waals surface area contributed by atoms with E-state index in [1.165, 1.54) is 16.7 Å². The van der Waals surface area contributed by atoms with Gasteiger partial charge in [0.05, 0.1) is 36.0 Å². The van der Waals surface area contributed by atoms with Gasteiger partial charge in [0, 0.05) is 25.8 Å². The van der Waals surface area contributed by atoms with Gasteiger partial charge in [0.1, 0.15) is 35.7 Å². The monoisotopic (exact) mass is 1210 g/mol. The standard InChI is InChI=1S/C62H53N12O3.Ir/c1-65-51-21-24-54-59-62(51)77-74-32-26-45-16-14-42-7-2-8-46-10-4-30-70(38-46)75-60-49(36-63)19-22-52-57(60)66-39-67(52)27-6-12-48-33-43(17-18-47(48)11-5-29-69(54)41-72(59)56(74)35-45)9-3-28-68-40-71-55-34-44(15-13-42)25-31-73(55)76-61-50(37-64)20-23-53(68)58(61)71;/h10,17-26,30-33,38-42,66H,2-3,5-9,11-16,27-29H2;/q-3;. The summed E-state index contributed by atoms with van der Waals surface area (Å²) in [6.45, 7) is 16.7. The number of pyridine rings is 3. The summed E-state index contributed by atoms with van der Waals surface area (Å²) in [6, 6.07) is 40.6. The third-order valence-electron chi connectivity index (χ3n) is 16.1. The molecule has 0 aliphatic carbocycles. The van der Waals surface area contributed by atoms with E-state index in [0.29, 0.717) is 40.0 Å². The van der Waals surface area contributed by atoms with Gasteiger partial charge in [-0.05, 0) is 129 Å². The molecule has 391 valence electrons. The zero-order valence-corrected chi connectivity index (χ0v) is 45.2. The van der Waals surface area contributed by atoms with Gasteiger partial charge in [-0.2, -0.15) is 35.4 Å². The van der Waals surface area contributed by atoms with E-state index in [9.17, 15) is 10.5 Å². The molecular weight excluding hydrogens is 1150 g/mol. The van der Waals surface area contributed by atoms with Gasteiger partial charge >= 0.3 is 0 Å². The zero-order valence-electron chi connectivity index (χ0n) is 42.8. The molecule has 15 rings (SSSR count). The van der Waals surface area contributed by atoms with Crippen molar-refractivity contribution in [1.82, 2.24) is 0 Å². The van der Waals surface area contributed by atoms with Gasteiger partial charge in [-0.25, -0.2) is 26.9 Å². The van der Waals surface area contributed by atoms with Crippen LogP contribution < -0.4 is 58.5 Å². The number of nitrogens with one attached hydrogen (secondary N) is 1. The van der Waals surface area contributed by atoms with Gasteiger partial charge in [-0.15, -0.1) is 17.7 Å². The maximum absolute atomic E-state index is 10.3. The van der Waals surface area contributed by atoms with Crippen LogP contribution in [-0.2, 0) is 58.6 Å². The molecule has 8 aliphatic heterocycles. The second-order valence-corrected chi connectivity index (χ2v) is 20.8. The van der Waals surface area contributed by atoms with Crippen LogP contribution in [0.5, 0.6) is 17.2 Å². The van der Waals surface area contributed by atoms with Crippen molar-refractivity contribution < 1.29 is 48.8 Å². The molecule has 1 atom stereocenters. The molecule has 16 heteroatoms. The summed E-state index contributed by atoms with van der Waals surface area (Å²) in [6.07, 6.45) is 19.3. The number of aryl methyl sites for hydroxylation is 6. The first kappa shape index (κ1) is 49.2. The summed E-state index contributed by atoms with van der Waals surface area (Å²) >= 11 is 0. The molecule has 0 spiro atoms. The number of anilines is 8. The van der Waals surface area contributed by atoms with Gasteiger partial charge in [-0.1, -0.05) is 79.2 Å². The zero-order chi connectivity index (χ0) is 51.6. The summed E-state index contributed by atoms with van der Waals surface area (Å²) < 4.78 is 5.17. The Labute approximate surface area is 468 Å². The molecule has 78 heavy (non-hydrogen) atoms. The van der Waals surface area contributed by atoms with Crippen LogP contribution >= 0.6 is 0 Å². The van der Waals surface area contributed by atoms with E-state index in [2.05, 4.69) is 121 Å². The van der Waals surface area contributed by atoms with Gasteiger partial charge in [0.25, 0.3) is 0 Å². The molecule has 7 aromatic rings. The summed E-state index contributed by atoms with van der Waals surface area (Å²) in [5.74, 6) is 3.53. The maximum atomic E-state index is 10.3. The molecule has 3 aromatic heterocycles. The Morgan fingerprint density at radius 3 is 1.99 bits per heavy atom. The van der Waals surface area contributed by atoms with Crippen LogP contribution in [0.15, 0.2) is 97.6 Å². The van der Waals surface area contributed by atoms with Gasteiger partial charge in [0.2, 0.25) is 34.6 Å². The van der Waals surface area contributed by atoms with E-state index in [-0.39, 0.29) is 20.1 Å². The fraction of sp³-hybridized carbons (Fsp3) is 0.274. The first-order valence-electron chi connectivity index (χ1n) is 26.8. The summed E-state index contributed by atoms with van der Waals surface area (Å²) in [5.41, 5.74) is 14.2. The molecule has 0 fully saturated rings. The molecule has 1 unspecified atom stereocenters. The Balaban J connectivity index is 0.00000579. The third kappa shape index (κ3) is 8.81. The van der Waals surface area contributed by atoms with Crippen molar-refractivity contribution in [2.45, 2.75) is 83.5 Å². The minimum Gasteiger partial charge on any atom is -0.511 e. The van der Waals surface area contributed by atoms with Gasteiger partial charge in [-0.3, -0.25) is 4.84 Å². The Morgan fingerprint density at radius 1 is 0.641 bits per heavy atom. The van der Waals surface area contributed by atoms with Crippen LogP contribution in [-0.4, -0.2) is 19.6 Å². The minimum atomic E-state index is 0. The molecule has 18 bridgehead atoms. The number of benzene rings is 4. The molecule has 11 heterocycles. The molecule has 4 aromatic carbocycles. The third-order valence-corrected chi connectivity index (χ3v) is 16.1. The SMILES string of the molecule is [C-]#[N+]c1ccc2c3c1O[n+]1ccc4[c-]c1N3[CH-]N2CCCc1ccc2cc1CCCN1[CH-]Nc3c1ccc(C#N)c3O[n+]1c[c-]cc(c1)CCCC(CCc1[c-]c3[n+](cc1)Oc1c(C#N)ccc5c1N3[CH-]N5CCC2)CC4.[Ir]. The van der Waals surface area contributed by atoms with Crippen LogP contribution in [0.25, 0.3) is 4.85 Å². The normalized spacial score (nSPS) is 17.8. The van der Waals surface area contributed by atoms with Crippen molar-refractivity contribution in [3.05, 3.63) is 192 Å². The van der Waals surface area contributed by atoms with Crippen LogP contribution in [0.1, 0.15) is 89.5 Å². The quantitative estimate of drug-likeness (QED) is 0.116. The van der Waals surface area contributed by atoms with E-state index < -0.39 is 0 Å². The Hall–Kier alpha value is -8.35. The molecule has 0 saturated carbocycles. The summed E-state index contributed by atoms with van der Waals surface area (Å²) in [4.78, 5) is 34.7. The van der Waals surface area contributed by atoms with Crippen LogP contribution in [0.4, 0.5) is 51.4 Å². The fourth-order valence-electron chi connectivity index (χ4n) is 12.2. The molecule has 1 radical (unpaired) electrons. The minimum absolute atomic E-state index is 0. The van der Waals surface area contributed by atoms with E-state index in [1.54, 1.807) is 20.4 Å². The smallest absolute Gasteiger partial charge is 0.244 e. The topological polar surface area (TPSA) is 120 Å². The van der Waals surface area contributed by atoms with E-state index in [4.69, 9.17) is 21.1 Å². The number of rotatable bonds is 0. The fourth-order valence-corrected chi connectivity index (χ4v) is 12.2. The molecule has 8 aliphatic rings. The van der Waals surface area contributed by atoms with E-state index >= 15 is 0 Å². The van der Waals surface area contributed by atoms with Crippen molar-refractivity contribution in [1.29, 1.82) is 10.5 Å². The van der Waals surface area contributed by atoms with Gasteiger partial charge < -0.3 is 34.7 Å². The average Bonchev–Trinajstić information content (AvgIpc) is 4.31. The number of fused-ring (bicyclic) bond motifs is 6. The second-order valence-electron chi connectivity index (χ2n) is 20.8. The van der Waals surface area contributed by atoms with Crippen molar-refractivity contribution in [2.75, 3.05) is 49.5 Å². The van der Waals surface area contributed by atoms with Crippen molar-refractivity contribution in [3.8, 4) is 29.4 Å². The second kappa shape index (κ2) is 20.5. The molecule has 0 saturated heterocycles. The number of hydrogen-bond donors (Lipinski definition) is 1. The Kier molecular flexibility index (Phi) is 13.0. The number of nitriles is 2. The number of hydrogen-bond acceptors (Lipinski definition) is 11. The first-order chi connectivity index (χ1) is 38.0. The summed E-state index contributed by atoms with van der Waals surface area (Å²) in [7, 11) is 0. The molecule has 0 amide bonds. The number of nitrogens with zero attached hydrogens (tertiary/aromatic N) is 11. The van der Waals surface area contributed by atoms with Gasteiger partial charge in [0.15, 0.2) is 11.4 Å². The predicted octanol–water partition coefficient (Wildman–Crippen LogP) is 9.63. The summed E-state index contributed by atoms with van der Waals surface area (Å²) in [5, 5.41) is 24.0. The predicted molar refractivity (Wildman–Crippen MR) is 287 cm³/mol. The maximum Gasteiger partial charge on any atom is 0.244 e.